The van der Waals surface area contributed by atoms with Crippen molar-refractivity contribution in [3.63, 3.8) is 0 Å². The van der Waals surface area contributed by atoms with E-state index in [1.807, 2.05) is 0 Å². The fourth-order valence-corrected chi connectivity index (χ4v) is 2.29. The highest BCUT2D eigenvalue weighted by atomic mass is 16.5. The molecule has 0 aromatic rings. The Balaban J connectivity index is 2.44. The van der Waals surface area contributed by atoms with E-state index in [0.717, 1.165) is 26.2 Å². The third-order valence-electron chi connectivity index (χ3n) is 2.99. The molecule has 0 amide bonds. The van der Waals surface area contributed by atoms with E-state index in [1.54, 1.807) is 7.11 Å². The van der Waals surface area contributed by atoms with Gasteiger partial charge in [0.1, 0.15) is 0 Å². The van der Waals surface area contributed by atoms with Crippen LogP contribution in [0.15, 0.2) is 0 Å². The van der Waals surface area contributed by atoms with Crippen molar-refractivity contribution in [1.29, 1.82) is 0 Å². The molecule has 1 saturated heterocycles. The van der Waals surface area contributed by atoms with E-state index in [0.29, 0.717) is 12.1 Å². The lowest BCUT2D eigenvalue weighted by molar-refractivity contribution is 0.0523. The van der Waals surface area contributed by atoms with Gasteiger partial charge in [0, 0.05) is 38.8 Å². The van der Waals surface area contributed by atoms with Crippen molar-refractivity contribution < 1.29 is 4.74 Å². The fourth-order valence-electron chi connectivity index (χ4n) is 2.29. The van der Waals surface area contributed by atoms with E-state index >= 15 is 0 Å². The van der Waals surface area contributed by atoms with E-state index in [2.05, 4.69) is 24.1 Å². The van der Waals surface area contributed by atoms with Crippen LogP contribution in [0.5, 0.6) is 0 Å². The minimum atomic E-state index is 0.554. The van der Waals surface area contributed by atoms with E-state index < -0.39 is 0 Å². The molecule has 0 spiro atoms. The number of piperazine rings is 1. The molecule has 2 atom stereocenters. The molecular weight excluding hydrogens is 176 g/mol. The standard InChI is InChI=1S/C11H24N2O/c1-4-5-11-8-12-6-7-13(11)10(2)9-14-3/h10-12H,4-9H2,1-3H3. The van der Waals surface area contributed by atoms with Crippen LogP contribution < -0.4 is 5.32 Å². The third-order valence-corrected chi connectivity index (χ3v) is 2.99. The van der Waals surface area contributed by atoms with Crippen LogP contribution in [0.2, 0.25) is 0 Å². The maximum atomic E-state index is 5.22. The van der Waals surface area contributed by atoms with Gasteiger partial charge < -0.3 is 10.1 Å². The molecule has 3 heteroatoms. The van der Waals surface area contributed by atoms with Crippen molar-refractivity contribution in [3.05, 3.63) is 0 Å². The van der Waals surface area contributed by atoms with Crippen LogP contribution in [0.4, 0.5) is 0 Å². The van der Waals surface area contributed by atoms with Crippen molar-refractivity contribution in [2.75, 3.05) is 33.4 Å². The first-order chi connectivity index (χ1) is 6.79. The van der Waals surface area contributed by atoms with Crippen LogP contribution in [0.3, 0.4) is 0 Å². The first-order valence-corrected chi connectivity index (χ1v) is 5.75. The SMILES string of the molecule is CCCC1CNCCN1C(C)COC. The van der Waals surface area contributed by atoms with Gasteiger partial charge in [-0.2, -0.15) is 0 Å². The zero-order valence-electron chi connectivity index (χ0n) is 9.75. The van der Waals surface area contributed by atoms with Crippen LogP contribution in [-0.4, -0.2) is 50.3 Å². The summed E-state index contributed by atoms with van der Waals surface area (Å²) in [6.07, 6.45) is 2.56. The van der Waals surface area contributed by atoms with Crippen LogP contribution in [0.1, 0.15) is 26.7 Å². The van der Waals surface area contributed by atoms with Gasteiger partial charge in [0.15, 0.2) is 0 Å². The van der Waals surface area contributed by atoms with Gasteiger partial charge in [-0.05, 0) is 13.3 Å². The first-order valence-electron chi connectivity index (χ1n) is 5.75. The molecule has 1 heterocycles. The molecule has 2 unspecified atom stereocenters. The summed E-state index contributed by atoms with van der Waals surface area (Å²) in [5.41, 5.74) is 0. The van der Waals surface area contributed by atoms with Gasteiger partial charge in [-0.25, -0.2) is 0 Å². The Morgan fingerprint density at radius 2 is 2.36 bits per heavy atom. The van der Waals surface area contributed by atoms with Gasteiger partial charge in [-0.3, -0.25) is 4.90 Å². The number of nitrogens with zero attached hydrogens (tertiary/aromatic N) is 1. The van der Waals surface area contributed by atoms with Gasteiger partial charge >= 0.3 is 0 Å². The highest BCUT2D eigenvalue weighted by Gasteiger charge is 2.25. The van der Waals surface area contributed by atoms with Crippen molar-refractivity contribution in [2.45, 2.75) is 38.8 Å². The summed E-state index contributed by atoms with van der Waals surface area (Å²) in [5, 5.41) is 3.46. The maximum absolute atomic E-state index is 5.22. The van der Waals surface area contributed by atoms with Crippen LogP contribution in [0.25, 0.3) is 0 Å². The lowest BCUT2D eigenvalue weighted by Crippen LogP contribution is -2.55. The van der Waals surface area contributed by atoms with Crippen molar-refractivity contribution in [1.82, 2.24) is 10.2 Å². The monoisotopic (exact) mass is 200 g/mol. The Labute approximate surface area is 87.8 Å². The Hall–Kier alpha value is -0.120. The van der Waals surface area contributed by atoms with Crippen molar-refractivity contribution in [3.8, 4) is 0 Å². The number of methoxy groups -OCH3 is 1. The smallest absolute Gasteiger partial charge is 0.0615 e. The number of rotatable bonds is 5. The number of hydrogen-bond donors (Lipinski definition) is 1. The summed E-state index contributed by atoms with van der Waals surface area (Å²) in [7, 11) is 1.79. The average molecular weight is 200 g/mol. The summed E-state index contributed by atoms with van der Waals surface area (Å²) in [4.78, 5) is 2.59. The van der Waals surface area contributed by atoms with Gasteiger partial charge in [0.05, 0.1) is 6.61 Å². The number of ether oxygens (including phenoxy) is 1. The zero-order valence-corrected chi connectivity index (χ0v) is 9.75. The lowest BCUT2D eigenvalue weighted by atomic mass is 10.1. The second-order valence-electron chi connectivity index (χ2n) is 4.19. The average Bonchev–Trinajstić information content (AvgIpc) is 2.19. The predicted molar refractivity (Wildman–Crippen MR) is 59.6 cm³/mol. The molecule has 1 N–H and O–H groups in total. The summed E-state index contributed by atoms with van der Waals surface area (Å²) in [6, 6.07) is 1.26. The van der Waals surface area contributed by atoms with Crippen LogP contribution in [-0.2, 0) is 4.74 Å². The third kappa shape index (κ3) is 3.23. The molecule has 1 rings (SSSR count). The minimum Gasteiger partial charge on any atom is -0.383 e. The molecule has 0 aromatic heterocycles. The highest BCUT2D eigenvalue weighted by Crippen LogP contribution is 2.13. The van der Waals surface area contributed by atoms with E-state index in [9.17, 15) is 0 Å². The topological polar surface area (TPSA) is 24.5 Å². The van der Waals surface area contributed by atoms with E-state index in [1.165, 1.54) is 12.8 Å². The molecule has 84 valence electrons. The largest absolute Gasteiger partial charge is 0.383 e. The fraction of sp³-hybridized carbons (Fsp3) is 1.00. The summed E-state index contributed by atoms with van der Waals surface area (Å²) >= 11 is 0. The molecule has 1 aliphatic rings. The molecule has 3 nitrogen and oxygen atoms in total. The van der Waals surface area contributed by atoms with E-state index in [-0.39, 0.29) is 0 Å². The van der Waals surface area contributed by atoms with Crippen LogP contribution in [0, 0.1) is 0 Å². The second kappa shape index (κ2) is 6.38. The molecule has 0 radical (unpaired) electrons. The molecule has 0 saturated carbocycles. The molecule has 14 heavy (non-hydrogen) atoms. The van der Waals surface area contributed by atoms with Gasteiger partial charge in [-0.15, -0.1) is 0 Å². The number of hydrogen-bond acceptors (Lipinski definition) is 3. The second-order valence-corrected chi connectivity index (χ2v) is 4.19. The summed E-state index contributed by atoms with van der Waals surface area (Å²) < 4.78 is 5.22. The zero-order chi connectivity index (χ0) is 10.4. The van der Waals surface area contributed by atoms with Gasteiger partial charge in [0.25, 0.3) is 0 Å². The summed E-state index contributed by atoms with van der Waals surface area (Å²) in [6.45, 7) is 8.79. The van der Waals surface area contributed by atoms with Gasteiger partial charge in [-0.1, -0.05) is 13.3 Å². The van der Waals surface area contributed by atoms with Crippen molar-refractivity contribution >= 4 is 0 Å². The molecular formula is C11H24N2O. The summed E-state index contributed by atoms with van der Waals surface area (Å²) in [5.74, 6) is 0. The molecule has 0 aromatic carbocycles. The maximum Gasteiger partial charge on any atom is 0.0615 e. The predicted octanol–water partition coefficient (Wildman–Crippen LogP) is 1.10. The first kappa shape index (κ1) is 12.0. The molecule has 1 fully saturated rings. The lowest BCUT2D eigenvalue weighted by Gasteiger charge is -2.40. The highest BCUT2D eigenvalue weighted by molar-refractivity contribution is 4.82. The quantitative estimate of drug-likeness (QED) is 0.719. The Bertz CT molecular complexity index is 150. The number of nitrogens with one attached hydrogen (secondary N) is 1. The van der Waals surface area contributed by atoms with Crippen molar-refractivity contribution in [2.24, 2.45) is 0 Å². The molecule has 0 bridgehead atoms. The minimum absolute atomic E-state index is 0.554. The van der Waals surface area contributed by atoms with Gasteiger partial charge in [0.2, 0.25) is 0 Å². The Morgan fingerprint density at radius 3 is 3.00 bits per heavy atom. The van der Waals surface area contributed by atoms with Crippen LogP contribution >= 0.6 is 0 Å². The normalized spacial score (nSPS) is 26.4. The molecule has 0 aliphatic carbocycles. The molecule has 1 aliphatic heterocycles. The Morgan fingerprint density at radius 1 is 1.57 bits per heavy atom. The Kier molecular flexibility index (Phi) is 5.45. The van der Waals surface area contributed by atoms with E-state index in [4.69, 9.17) is 4.74 Å².